The normalized spacial score (nSPS) is 14.0. The van der Waals surface area contributed by atoms with Crippen LogP contribution in [0.15, 0.2) is 36.5 Å². The number of pyridine rings is 1. The van der Waals surface area contributed by atoms with Gasteiger partial charge in [0.1, 0.15) is 18.0 Å². The third kappa shape index (κ3) is 3.10. The Kier molecular flexibility index (Phi) is 4.13. The van der Waals surface area contributed by atoms with Gasteiger partial charge < -0.3 is 9.64 Å². The van der Waals surface area contributed by atoms with E-state index in [2.05, 4.69) is 4.98 Å². The molecule has 1 aliphatic rings. The lowest BCUT2D eigenvalue weighted by Gasteiger charge is -2.38. The molecule has 0 N–H and O–H groups in total. The van der Waals surface area contributed by atoms with Gasteiger partial charge in [-0.1, -0.05) is 17.7 Å². The maximum absolute atomic E-state index is 13.7. The average molecular weight is 332 g/mol. The summed E-state index contributed by atoms with van der Waals surface area (Å²) in [4.78, 5) is 17.7. The number of benzene rings is 1. The third-order valence-electron chi connectivity index (χ3n) is 3.46. The molecule has 3 rings (SSSR count). The van der Waals surface area contributed by atoms with Gasteiger partial charge in [-0.2, -0.15) is 5.26 Å². The van der Waals surface area contributed by atoms with E-state index >= 15 is 0 Å². The molecule has 5 nitrogen and oxygen atoms in total. The lowest BCUT2D eigenvalue weighted by atomic mass is 10.1. The Morgan fingerprint density at radius 1 is 1.39 bits per heavy atom. The third-order valence-corrected chi connectivity index (χ3v) is 3.78. The van der Waals surface area contributed by atoms with Crippen molar-refractivity contribution in [2.75, 3.05) is 13.1 Å². The molecule has 0 saturated carbocycles. The van der Waals surface area contributed by atoms with Crippen molar-refractivity contribution in [3.05, 3.63) is 58.5 Å². The first-order valence-electron chi connectivity index (χ1n) is 6.84. The number of likely N-dealkylation sites (tertiary alicyclic amines) is 1. The summed E-state index contributed by atoms with van der Waals surface area (Å²) < 4.78 is 19.3. The van der Waals surface area contributed by atoms with E-state index in [1.165, 1.54) is 29.3 Å². The van der Waals surface area contributed by atoms with E-state index < -0.39 is 11.7 Å². The smallest absolute Gasteiger partial charge is 0.258 e. The number of halogens is 2. The maximum Gasteiger partial charge on any atom is 0.258 e. The van der Waals surface area contributed by atoms with Gasteiger partial charge in [-0.25, -0.2) is 9.37 Å². The van der Waals surface area contributed by atoms with Crippen LogP contribution in [0.2, 0.25) is 5.02 Å². The molecule has 1 amide bonds. The molecule has 1 fully saturated rings. The number of ether oxygens (including phenoxy) is 1. The van der Waals surface area contributed by atoms with E-state index in [1.54, 1.807) is 12.1 Å². The maximum atomic E-state index is 13.7. The Bertz CT molecular complexity index is 763. The van der Waals surface area contributed by atoms with Crippen LogP contribution in [-0.2, 0) is 0 Å². The van der Waals surface area contributed by atoms with E-state index in [0.717, 1.165) is 0 Å². The number of amides is 1. The summed E-state index contributed by atoms with van der Waals surface area (Å²) in [5.41, 5.74) is 0.320. The van der Waals surface area contributed by atoms with Crippen molar-refractivity contribution in [1.82, 2.24) is 9.88 Å². The lowest BCUT2D eigenvalue weighted by Crippen LogP contribution is -2.56. The van der Waals surface area contributed by atoms with Gasteiger partial charge in [0.25, 0.3) is 5.91 Å². The fourth-order valence-electron chi connectivity index (χ4n) is 2.23. The SMILES string of the molecule is N#Cc1ccc(OC2CN(C(=O)c3c(F)cccc3Cl)C2)nc1. The number of aromatic nitrogens is 1. The van der Waals surface area contributed by atoms with Gasteiger partial charge in [-0.3, -0.25) is 4.79 Å². The molecule has 0 bridgehead atoms. The van der Waals surface area contributed by atoms with Crippen LogP contribution in [0.25, 0.3) is 0 Å². The molecular formula is C16H11ClFN3O2. The standard InChI is InChI=1S/C16H11ClFN3O2/c17-12-2-1-3-13(18)15(12)16(22)21-8-11(9-21)23-14-5-4-10(6-19)7-20-14/h1-5,7,11H,8-9H2. The highest BCUT2D eigenvalue weighted by Gasteiger charge is 2.35. The summed E-state index contributed by atoms with van der Waals surface area (Å²) in [6, 6.07) is 9.29. The molecule has 1 saturated heterocycles. The Labute approximate surface area is 136 Å². The van der Waals surface area contributed by atoms with Crippen LogP contribution in [0.4, 0.5) is 4.39 Å². The van der Waals surface area contributed by atoms with E-state index in [-0.39, 0.29) is 16.7 Å². The van der Waals surface area contributed by atoms with E-state index in [4.69, 9.17) is 21.6 Å². The van der Waals surface area contributed by atoms with Crippen molar-refractivity contribution < 1.29 is 13.9 Å². The molecule has 0 spiro atoms. The highest BCUT2D eigenvalue weighted by atomic mass is 35.5. The summed E-state index contributed by atoms with van der Waals surface area (Å²) in [6.07, 6.45) is 1.20. The fourth-order valence-corrected chi connectivity index (χ4v) is 2.47. The number of hydrogen-bond donors (Lipinski definition) is 0. The second-order valence-electron chi connectivity index (χ2n) is 5.04. The summed E-state index contributed by atoms with van der Waals surface area (Å²) in [5, 5.41) is 8.79. The summed E-state index contributed by atoms with van der Waals surface area (Å²) in [7, 11) is 0. The van der Waals surface area contributed by atoms with Gasteiger partial charge in [0.15, 0.2) is 0 Å². The largest absolute Gasteiger partial charge is 0.471 e. The molecule has 1 aromatic heterocycles. The molecule has 0 unspecified atom stereocenters. The minimum Gasteiger partial charge on any atom is -0.471 e. The first-order chi connectivity index (χ1) is 11.1. The number of carbonyl (C=O) groups is 1. The number of hydrogen-bond acceptors (Lipinski definition) is 4. The average Bonchev–Trinajstić information content (AvgIpc) is 2.50. The van der Waals surface area contributed by atoms with Crippen LogP contribution >= 0.6 is 11.6 Å². The van der Waals surface area contributed by atoms with Crippen molar-refractivity contribution >= 4 is 17.5 Å². The molecule has 116 valence electrons. The summed E-state index contributed by atoms with van der Waals surface area (Å²) >= 11 is 5.89. The first kappa shape index (κ1) is 15.3. The van der Waals surface area contributed by atoms with E-state index in [1.807, 2.05) is 6.07 Å². The molecule has 7 heteroatoms. The number of nitriles is 1. The van der Waals surface area contributed by atoms with Gasteiger partial charge in [0, 0.05) is 12.3 Å². The van der Waals surface area contributed by atoms with E-state index in [9.17, 15) is 9.18 Å². The molecular weight excluding hydrogens is 321 g/mol. The van der Waals surface area contributed by atoms with Crippen molar-refractivity contribution in [3.63, 3.8) is 0 Å². The quantitative estimate of drug-likeness (QED) is 0.867. The first-order valence-corrected chi connectivity index (χ1v) is 7.22. The molecule has 2 aromatic rings. The van der Waals surface area contributed by atoms with Crippen molar-refractivity contribution in [2.24, 2.45) is 0 Å². The second-order valence-corrected chi connectivity index (χ2v) is 5.45. The predicted molar refractivity (Wildman–Crippen MR) is 80.7 cm³/mol. The number of carbonyl (C=O) groups excluding carboxylic acids is 1. The fraction of sp³-hybridized carbons (Fsp3) is 0.188. The molecule has 0 aliphatic carbocycles. The molecule has 0 atom stereocenters. The Hall–Kier alpha value is -2.65. The monoisotopic (exact) mass is 331 g/mol. The van der Waals surface area contributed by atoms with Crippen LogP contribution in [0.3, 0.4) is 0 Å². The topological polar surface area (TPSA) is 66.2 Å². The molecule has 0 radical (unpaired) electrons. The van der Waals surface area contributed by atoms with Crippen LogP contribution in [0, 0.1) is 17.1 Å². The Balaban J connectivity index is 1.60. The van der Waals surface area contributed by atoms with Crippen LogP contribution in [0.1, 0.15) is 15.9 Å². The summed E-state index contributed by atoms with van der Waals surface area (Å²) in [6.45, 7) is 0.649. The zero-order chi connectivity index (χ0) is 16.4. The molecule has 23 heavy (non-hydrogen) atoms. The van der Waals surface area contributed by atoms with Crippen LogP contribution < -0.4 is 4.74 Å². The minimum absolute atomic E-state index is 0.0909. The van der Waals surface area contributed by atoms with Crippen molar-refractivity contribution in [1.29, 1.82) is 5.26 Å². The van der Waals surface area contributed by atoms with Gasteiger partial charge in [0.05, 0.1) is 29.2 Å². The molecule has 1 aromatic carbocycles. The van der Waals surface area contributed by atoms with Gasteiger partial charge in [0.2, 0.25) is 5.88 Å². The van der Waals surface area contributed by atoms with Gasteiger partial charge in [-0.05, 0) is 18.2 Å². The zero-order valence-corrected chi connectivity index (χ0v) is 12.6. The van der Waals surface area contributed by atoms with Gasteiger partial charge >= 0.3 is 0 Å². The Morgan fingerprint density at radius 2 is 2.17 bits per heavy atom. The van der Waals surface area contributed by atoms with Crippen molar-refractivity contribution in [3.8, 4) is 11.9 Å². The van der Waals surface area contributed by atoms with Crippen molar-refractivity contribution in [2.45, 2.75) is 6.10 Å². The summed E-state index contributed by atoms with van der Waals surface area (Å²) in [5.74, 6) is -0.716. The predicted octanol–water partition coefficient (Wildman–Crippen LogP) is 2.65. The molecule has 1 aliphatic heterocycles. The zero-order valence-electron chi connectivity index (χ0n) is 11.9. The highest BCUT2D eigenvalue weighted by Crippen LogP contribution is 2.24. The number of rotatable bonds is 3. The lowest BCUT2D eigenvalue weighted by molar-refractivity contribution is 0.0157. The second kappa shape index (κ2) is 6.23. The van der Waals surface area contributed by atoms with Crippen LogP contribution in [0.5, 0.6) is 5.88 Å². The molecule has 2 heterocycles. The van der Waals surface area contributed by atoms with E-state index in [0.29, 0.717) is 24.5 Å². The highest BCUT2D eigenvalue weighted by molar-refractivity contribution is 6.33. The Morgan fingerprint density at radius 3 is 2.78 bits per heavy atom. The number of nitrogens with zero attached hydrogens (tertiary/aromatic N) is 3. The van der Waals surface area contributed by atoms with Crippen LogP contribution in [-0.4, -0.2) is 35.0 Å². The van der Waals surface area contributed by atoms with Gasteiger partial charge in [-0.15, -0.1) is 0 Å². The minimum atomic E-state index is -0.638.